The summed E-state index contributed by atoms with van der Waals surface area (Å²) in [6.07, 6.45) is 0.193. The Morgan fingerprint density at radius 1 is 1.33 bits per heavy atom. The maximum absolute atomic E-state index is 11.3. The van der Waals surface area contributed by atoms with Crippen LogP contribution in [-0.4, -0.2) is 18.7 Å². The van der Waals surface area contributed by atoms with E-state index in [0.29, 0.717) is 6.61 Å². The van der Waals surface area contributed by atoms with Gasteiger partial charge in [0.15, 0.2) is 0 Å². The normalized spacial score (nSPS) is 9.50. The van der Waals surface area contributed by atoms with Crippen molar-refractivity contribution in [3.63, 3.8) is 0 Å². The minimum absolute atomic E-state index is 0.223. The van der Waals surface area contributed by atoms with Gasteiger partial charge >= 0.3 is 12.1 Å². The molecule has 0 bridgehead atoms. The number of esters is 1. The van der Waals surface area contributed by atoms with Crippen molar-refractivity contribution in [2.45, 2.75) is 6.61 Å². The Kier molecular flexibility index (Phi) is 5.35. The predicted octanol–water partition coefficient (Wildman–Crippen LogP) is 1.17. The Hall–Kier alpha value is -2.39. The van der Waals surface area contributed by atoms with Gasteiger partial charge < -0.3 is 15.2 Å². The molecule has 0 spiro atoms. The van der Waals surface area contributed by atoms with Gasteiger partial charge in [-0.3, -0.25) is 0 Å². The Labute approximate surface area is 104 Å². The highest BCUT2D eigenvalue weighted by Gasteiger charge is 2.09. The zero-order valence-corrected chi connectivity index (χ0v) is 9.46. The van der Waals surface area contributed by atoms with E-state index in [1.54, 1.807) is 12.1 Å². The lowest BCUT2D eigenvalue weighted by atomic mass is 10.1. The smallest absolute Gasteiger partial charge is 0.375 e. The molecule has 0 fully saturated rings. The quantitative estimate of drug-likeness (QED) is 0.478. The van der Waals surface area contributed by atoms with Crippen LogP contribution in [0.4, 0.5) is 4.79 Å². The van der Waals surface area contributed by atoms with E-state index < -0.39 is 12.1 Å². The van der Waals surface area contributed by atoms with Crippen molar-refractivity contribution in [1.29, 1.82) is 5.26 Å². The average molecular weight is 247 g/mol. The third-order valence-corrected chi connectivity index (χ3v) is 1.94. The van der Waals surface area contributed by atoms with Gasteiger partial charge in [-0.05, 0) is 17.7 Å². The molecular formula is C12H11N2O4. The molecule has 0 heterocycles. The number of carbonyl (C=O) groups excluding carboxylic acids is 2. The van der Waals surface area contributed by atoms with E-state index in [0.717, 1.165) is 5.56 Å². The number of benzene rings is 1. The predicted molar refractivity (Wildman–Crippen MR) is 61.0 cm³/mol. The van der Waals surface area contributed by atoms with Crippen LogP contribution in [0.2, 0.25) is 0 Å². The number of carbonyl (C=O) groups is 2. The van der Waals surface area contributed by atoms with Gasteiger partial charge in [-0.1, -0.05) is 12.1 Å². The molecule has 93 valence electrons. The van der Waals surface area contributed by atoms with Gasteiger partial charge in [-0.2, -0.15) is 5.26 Å². The molecule has 18 heavy (non-hydrogen) atoms. The van der Waals surface area contributed by atoms with Crippen LogP contribution in [0, 0.1) is 17.8 Å². The molecule has 1 rings (SSSR count). The van der Waals surface area contributed by atoms with Gasteiger partial charge in [-0.15, -0.1) is 0 Å². The Bertz CT molecular complexity index is 462. The molecule has 0 aromatic heterocycles. The summed E-state index contributed by atoms with van der Waals surface area (Å²) in [5.74, 6) is -0.798. The van der Waals surface area contributed by atoms with Crippen LogP contribution in [-0.2, 0) is 16.1 Å². The van der Waals surface area contributed by atoms with E-state index in [2.05, 4.69) is 4.74 Å². The highest BCUT2D eigenvalue weighted by molar-refractivity contribution is 5.95. The number of nitriles is 1. The van der Waals surface area contributed by atoms with Gasteiger partial charge in [0.25, 0.3) is 0 Å². The molecule has 0 atom stereocenters. The van der Waals surface area contributed by atoms with Crippen LogP contribution in [0.15, 0.2) is 24.3 Å². The van der Waals surface area contributed by atoms with Crippen molar-refractivity contribution >= 4 is 12.1 Å². The SMILES string of the molecule is N#C[CH]COCc1ccc(C(=O)OC(N)=O)cc1. The van der Waals surface area contributed by atoms with Crippen LogP contribution in [0.5, 0.6) is 0 Å². The van der Waals surface area contributed by atoms with Crippen molar-refractivity contribution in [3.05, 3.63) is 41.8 Å². The Balaban J connectivity index is 2.50. The summed E-state index contributed by atoms with van der Waals surface area (Å²) in [5.41, 5.74) is 5.78. The zero-order valence-electron chi connectivity index (χ0n) is 9.46. The first-order valence-corrected chi connectivity index (χ1v) is 5.03. The average Bonchev–Trinajstić information content (AvgIpc) is 2.34. The molecule has 0 saturated carbocycles. The van der Waals surface area contributed by atoms with Gasteiger partial charge in [-0.25, -0.2) is 9.59 Å². The lowest BCUT2D eigenvalue weighted by Crippen LogP contribution is -2.18. The fraction of sp³-hybridized carbons (Fsp3) is 0.167. The van der Waals surface area contributed by atoms with Crippen LogP contribution >= 0.6 is 0 Å². The summed E-state index contributed by atoms with van der Waals surface area (Å²) in [7, 11) is 0. The topological polar surface area (TPSA) is 102 Å². The van der Waals surface area contributed by atoms with E-state index >= 15 is 0 Å². The monoisotopic (exact) mass is 247 g/mol. The summed E-state index contributed by atoms with van der Waals surface area (Å²) >= 11 is 0. The first-order chi connectivity index (χ1) is 8.63. The van der Waals surface area contributed by atoms with Crippen molar-refractivity contribution in [2.75, 3.05) is 6.61 Å². The minimum atomic E-state index is -1.14. The molecule has 2 N–H and O–H groups in total. The number of rotatable bonds is 5. The molecule has 6 heteroatoms. The molecule has 0 aliphatic rings. The summed E-state index contributed by atoms with van der Waals surface area (Å²) in [5, 5.41) is 8.26. The number of primary amides is 1. The van der Waals surface area contributed by atoms with E-state index in [1.165, 1.54) is 18.6 Å². The van der Waals surface area contributed by atoms with Gasteiger partial charge in [0.1, 0.15) is 0 Å². The largest absolute Gasteiger partial charge is 0.412 e. The van der Waals surface area contributed by atoms with E-state index in [9.17, 15) is 9.59 Å². The molecule has 0 saturated heterocycles. The maximum atomic E-state index is 11.3. The second kappa shape index (κ2) is 7.04. The number of hydrogen-bond acceptors (Lipinski definition) is 5. The van der Waals surface area contributed by atoms with Crippen LogP contribution in [0.1, 0.15) is 15.9 Å². The third kappa shape index (κ3) is 4.63. The standard InChI is InChI=1S/C12H11N2O4/c13-6-1-7-17-8-9-2-4-10(5-3-9)11(15)18-12(14)16/h1-5H,7-8H2,(H2,14,16). The lowest BCUT2D eigenvalue weighted by Gasteiger charge is -2.03. The molecule has 6 nitrogen and oxygen atoms in total. The lowest BCUT2D eigenvalue weighted by molar-refractivity contribution is 0.0638. The number of amides is 1. The van der Waals surface area contributed by atoms with Crippen molar-refractivity contribution in [3.8, 4) is 6.07 Å². The number of nitrogens with two attached hydrogens (primary N) is 1. The molecule has 0 aliphatic heterocycles. The molecule has 1 aromatic rings. The summed E-state index contributed by atoms with van der Waals surface area (Å²) in [6, 6.07) is 8.15. The minimum Gasteiger partial charge on any atom is -0.375 e. The third-order valence-electron chi connectivity index (χ3n) is 1.94. The molecule has 1 amide bonds. The van der Waals surface area contributed by atoms with Crippen LogP contribution in [0.25, 0.3) is 0 Å². The fourth-order valence-corrected chi connectivity index (χ4v) is 1.16. The van der Waals surface area contributed by atoms with Gasteiger partial charge in [0.05, 0.1) is 31.3 Å². The van der Waals surface area contributed by atoms with Crippen LogP contribution < -0.4 is 5.73 Å². The Morgan fingerprint density at radius 3 is 2.56 bits per heavy atom. The fourth-order valence-electron chi connectivity index (χ4n) is 1.16. The van der Waals surface area contributed by atoms with E-state index in [4.69, 9.17) is 15.7 Å². The van der Waals surface area contributed by atoms with Crippen molar-refractivity contribution in [2.24, 2.45) is 5.73 Å². The van der Waals surface area contributed by atoms with E-state index in [1.807, 2.05) is 6.07 Å². The molecule has 0 aliphatic carbocycles. The molecule has 0 unspecified atom stereocenters. The zero-order chi connectivity index (χ0) is 13.4. The molecular weight excluding hydrogens is 236 g/mol. The molecule has 1 radical (unpaired) electrons. The summed E-state index contributed by atoms with van der Waals surface area (Å²) in [4.78, 5) is 21.7. The second-order valence-corrected chi connectivity index (χ2v) is 3.25. The highest BCUT2D eigenvalue weighted by atomic mass is 16.6. The van der Waals surface area contributed by atoms with Gasteiger partial charge in [0.2, 0.25) is 0 Å². The van der Waals surface area contributed by atoms with Crippen molar-refractivity contribution in [1.82, 2.24) is 0 Å². The Morgan fingerprint density at radius 2 is 2.00 bits per heavy atom. The number of ether oxygens (including phenoxy) is 2. The highest BCUT2D eigenvalue weighted by Crippen LogP contribution is 2.07. The van der Waals surface area contributed by atoms with E-state index in [-0.39, 0.29) is 12.2 Å². The maximum Gasteiger partial charge on any atom is 0.412 e. The summed E-state index contributed by atoms with van der Waals surface area (Å²) in [6.45, 7) is 0.561. The first kappa shape index (κ1) is 13.7. The van der Waals surface area contributed by atoms with Crippen LogP contribution in [0.3, 0.4) is 0 Å². The number of nitrogens with zero attached hydrogens (tertiary/aromatic N) is 1. The first-order valence-electron chi connectivity index (χ1n) is 5.03. The van der Waals surface area contributed by atoms with Crippen molar-refractivity contribution < 1.29 is 19.1 Å². The van der Waals surface area contributed by atoms with Gasteiger partial charge in [0, 0.05) is 0 Å². The second-order valence-electron chi connectivity index (χ2n) is 3.25. The summed E-state index contributed by atoms with van der Waals surface area (Å²) < 4.78 is 9.37. The molecule has 1 aromatic carbocycles. The number of hydrogen-bond donors (Lipinski definition) is 1.